The van der Waals surface area contributed by atoms with Crippen molar-refractivity contribution < 1.29 is 13.9 Å². The summed E-state index contributed by atoms with van der Waals surface area (Å²) >= 11 is 0. The van der Waals surface area contributed by atoms with E-state index in [1.54, 1.807) is 13.8 Å². The first-order valence-corrected chi connectivity index (χ1v) is 10.2. The van der Waals surface area contributed by atoms with E-state index in [0.717, 1.165) is 41.4 Å². The highest BCUT2D eigenvalue weighted by atomic mass is 16.6. The number of fused-ring (bicyclic) bond motifs is 2. The molecule has 2 atom stereocenters. The molecule has 0 saturated carbocycles. The summed E-state index contributed by atoms with van der Waals surface area (Å²) in [7, 11) is 0. The van der Waals surface area contributed by atoms with E-state index in [-0.39, 0.29) is 11.4 Å². The molecular formula is C23H27N3O3. The quantitative estimate of drug-likeness (QED) is 0.583. The smallest absolute Gasteiger partial charge is 0.339 e. The fourth-order valence-corrected chi connectivity index (χ4v) is 4.11. The molecule has 3 aromatic rings. The van der Waals surface area contributed by atoms with Gasteiger partial charge >= 0.3 is 5.97 Å². The van der Waals surface area contributed by atoms with Gasteiger partial charge in [0.15, 0.2) is 6.10 Å². The van der Waals surface area contributed by atoms with Crippen LogP contribution in [0.1, 0.15) is 73.6 Å². The van der Waals surface area contributed by atoms with Crippen molar-refractivity contribution in [2.75, 3.05) is 0 Å². The van der Waals surface area contributed by atoms with Crippen molar-refractivity contribution in [1.82, 2.24) is 15.2 Å². The van der Waals surface area contributed by atoms with Crippen molar-refractivity contribution in [1.29, 1.82) is 0 Å². The number of carbonyl (C=O) groups excluding carboxylic acids is 1. The predicted molar refractivity (Wildman–Crippen MR) is 110 cm³/mol. The molecule has 0 bridgehead atoms. The maximum atomic E-state index is 13.3. The third-order valence-corrected chi connectivity index (χ3v) is 5.86. The average molecular weight is 393 g/mol. The van der Waals surface area contributed by atoms with Gasteiger partial charge in [0.05, 0.1) is 11.1 Å². The van der Waals surface area contributed by atoms with Crippen LogP contribution in [0.15, 0.2) is 28.7 Å². The molecule has 6 heteroatoms. The van der Waals surface area contributed by atoms with Gasteiger partial charge in [0.25, 0.3) is 5.89 Å². The Labute approximate surface area is 170 Å². The van der Waals surface area contributed by atoms with E-state index >= 15 is 0 Å². The first-order valence-electron chi connectivity index (χ1n) is 10.2. The highest BCUT2D eigenvalue weighted by molar-refractivity contribution is 6.05. The number of para-hydroxylation sites is 1. The average Bonchev–Trinajstić information content (AvgIpc) is 3.11. The molecule has 0 spiro atoms. The minimum Gasteiger partial charge on any atom is -0.449 e. The van der Waals surface area contributed by atoms with Gasteiger partial charge in [-0.25, -0.2) is 4.79 Å². The largest absolute Gasteiger partial charge is 0.449 e. The van der Waals surface area contributed by atoms with Gasteiger partial charge in [0, 0.05) is 18.0 Å². The molecule has 2 heterocycles. The second-order valence-corrected chi connectivity index (χ2v) is 8.94. The Hall–Kier alpha value is -2.76. The van der Waals surface area contributed by atoms with Crippen LogP contribution in [-0.4, -0.2) is 21.2 Å². The van der Waals surface area contributed by atoms with Crippen LogP contribution in [0.3, 0.4) is 0 Å². The van der Waals surface area contributed by atoms with Gasteiger partial charge in [-0.2, -0.15) is 0 Å². The van der Waals surface area contributed by atoms with Gasteiger partial charge in [0.1, 0.15) is 0 Å². The molecule has 0 amide bonds. The van der Waals surface area contributed by atoms with Gasteiger partial charge in [-0.3, -0.25) is 4.98 Å². The van der Waals surface area contributed by atoms with Gasteiger partial charge in [-0.05, 0) is 49.1 Å². The molecule has 0 fully saturated rings. The summed E-state index contributed by atoms with van der Waals surface area (Å²) in [5.41, 5.74) is 3.65. The fraction of sp³-hybridized carbons (Fsp3) is 0.478. The van der Waals surface area contributed by atoms with Crippen molar-refractivity contribution >= 4 is 16.9 Å². The molecule has 1 aliphatic carbocycles. The van der Waals surface area contributed by atoms with Crippen molar-refractivity contribution in [3.05, 3.63) is 52.9 Å². The van der Waals surface area contributed by atoms with E-state index in [4.69, 9.17) is 14.1 Å². The summed E-state index contributed by atoms with van der Waals surface area (Å²) in [5.74, 6) is 0.872. The number of benzene rings is 1. The fourth-order valence-electron chi connectivity index (χ4n) is 4.11. The second-order valence-electron chi connectivity index (χ2n) is 8.94. The van der Waals surface area contributed by atoms with Gasteiger partial charge in [-0.15, -0.1) is 10.2 Å². The van der Waals surface area contributed by atoms with E-state index in [0.29, 0.717) is 23.3 Å². The molecule has 0 N–H and O–H groups in total. The SMILES string of the molecule is Cc1nnc(C(C)OC(=O)c2c3c(nc4ccccc24)CCC(C(C)(C)C)C3)o1. The highest BCUT2D eigenvalue weighted by Crippen LogP contribution is 2.39. The number of hydrogen-bond acceptors (Lipinski definition) is 6. The first-order chi connectivity index (χ1) is 13.7. The standard InChI is InChI=1S/C23H27N3O3/c1-13(21-26-25-14(2)29-21)28-22(27)20-16-8-6-7-9-18(16)24-19-11-10-15(12-17(19)20)23(3,4)5/h6-9,13,15H,10-12H2,1-5H3. The van der Waals surface area contributed by atoms with Crippen molar-refractivity contribution in [3.63, 3.8) is 0 Å². The van der Waals surface area contributed by atoms with Crippen molar-refractivity contribution in [3.8, 4) is 0 Å². The molecule has 0 aliphatic heterocycles. The van der Waals surface area contributed by atoms with E-state index < -0.39 is 6.10 Å². The maximum Gasteiger partial charge on any atom is 0.339 e. The molecule has 2 aromatic heterocycles. The summed E-state index contributed by atoms with van der Waals surface area (Å²) in [5, 5.41) is 8.64. The lowest BCUT2D eigenvalue weighted by Crippen LogP contribution is -2.29. The first kappa shape index (κ1) is 19.6. The third-order valence-electron chi connectivity index (χ3n) is 5.86. The molecule has 152 valence electrons. The number of aromatic nitrogens is 3. The molecule has 0 saturated heterocycles. The van der Waals surface area contributed by atoms with E-state index in [9.17, 15) is 4.79 Å². The highest BCUT2D eigenvalue weighted by Gasteiger charge is 2.33. The summed E-state index contributed by atoms with van der Waals surface area (Å²) in [6, 6.07) is 7.78. The van der Waals surface area contributed by atoms with Crippen LogP contribution in [0.4, 0.5) is 0 Å². The molecule has 2 unspecified atom stereocenters. The molecule has 0 radical (unpaired) electrons. The number of hydrogen-bond donors (Lipinski definition) is 0. The van der Waals surface area contributed by atoms with E-state index in [2.05, 4.69) is 31.0 Å². The number of nitrogens with zero attached hydrogens (tertiary/aromatic N) is 3. The monoisotopic (exact) mass is 393 g/mol. The Morgan fingerprint density at radius 1 is 1.24 bits per heavy atom. The normalized spacial score (nSPS) is 17.8. The molecule has 1 aliphatic rings. The Balaban J connectivity index is 1.76. The van der Waals surface area contributed by atoms with Crippen molar-refractivity contribution in [2.45, 2.75) is 60.0 Å². The van der Waals surface area contributed by atoms with Gasteiger partial charge in [-0.1, -0.05) is 39.0 Å². The maximum absolute atomic E-state index is 13.3. The number of rotatable bonds is 3. The summed E-state index contributed by atoms with van der Waals surface area (Å²) < 4.78 is 11.2. The van der Waals surface area contributed by atoms with Crippen LogP contribution < -0.4 is 0 Å². The van der Waals surface area contributed by atoms with Crippen LogP contribution in [-0.2, 0) is 17.6 Å². The minimum atomic E-state index is -0.617. The lowest BCUT2D eigenvalue weighted by atomic mass is 9.70. The van der Waals surface area contributed by atoms with E-state index in [1.165, 1.54) is 0 Å². The van der Waals surface area contributed by atoms with Gasteiger partial charge in [0.2, 0.25) is 5.89 Å². The Morgan fingerprint density at radius 2 is 2.00 bits per heavy atom. The second kappa shape index (κ2) is 7.25. The number of carbonyl (C=O) groups is 1. The lowest BCUT2D eigenvalue weighted by Gasteiger charge is -2.35. The molecule has 6 nitrogen and oxygen atoms in total. The summed E-state index contributed by atoms with van der Waals surface area (Å²) in [6.45, 7) is 10.2. The van der Waals surface area contributed by atoms with Crippen LogP contribution in [0, 0.1) is 18.3 Å². The Morgan fingerprint density at radius 3 is 2.69 bits per heavy atom. The zero-order valence-electron chi connectivity index (χ0n) is 17.7. The molecule has 29 heavy (non-hydrogen) atoms. The molecular weight excluding hydrogens is 366 g/mol. The number of ether oxygens (including phenoxy) is 1. The summed E-state index contributed by atoms with van der Waals surface area (Å²) in [4.78, 5) is 18.2. The Bertz CT molecular complexity index is 1060. The molecule has 1 aromatic carbocycles. The van der Waals surface area contributed by atoms with Gasteiger partial charge < -0.3 is 9.15 Å². The van der Waals surface area contributed by atoms with E-state index in [1.807, 2.05) is 24.3 Å². The zero-order valence-corrected chi connectivity index (χ0v) is 17.7. The zero-order chi connectivity index (χ0) is 20.8. The van der Waals surface area contributed by atoms with Crippen molar-refractivity contribution in [2.24, 2.45) is 11.3 Å². The summed E-state index contributed by atoms with van der Waals surface area (Å²) in [6.07, 6.45) is 2.16. The predicted octanol–water partition coefficient (Wildman–Crippen LogP) is 5.00. The topological polar surface area (TPSA) is 78.1 Å². The van der Waals surface area contributed by atoms with Crippen LogP contribution >= 0.6 is 0 Å². The van der Waals surface area contributed by atoms with Crippen LogP contribution in [0.2, 0.25) is 0 Å². The molecule has 4 rings (SSSR count). The number of esters is 1. The third kappa shape index (κ3) is 3.76. The number of pyridine rings is 1. The van der Waals surface area contributed by atoms with Crippen LogP contribution in [0.25, 0.3) is 10.9 Å². The minimum absolute atomic E-state index is 0.166. The Kier molecular flexibility index (Phi) is 4.89. The number of aryl methyl sites for hydroxylation is 2. The lowest BCUT2D eigenvalue weighted by molar-refractivity contribution is 0.0276. The van der Waals surface area contributed by atoms with Crippen LogP contribution in [0.5, 0.6) is 0 Å².